The van der Waals surface area contributed by atoms with Crippen molar-refractivity contribution >= 4 is 11.8 Å². The van der Waals surface area contributed by atoms with Crippen LogP contribution in [0.25, 0.3) is 0 Å². The van der Waals surface area contributed by atoms with Gasteiger partial charge in [0.1, 0.15) is 5.82 Å². The van der Waals surface area contributed by atoms with E-state index in [4.69, 9.17) is 5.11 Å². The average Bonchev–Trinajstić information content (AvgIpc) is 2.26. The third kappa shape index (κ3) is 3.77. The van der Waals surface area contributed by atoms with E-state index < -0.39 is 41.6 Å². The SMILES string of the molecule is CC(CC(=O)O)C(=O)c1ccc(F)c(C(F)(F)F)c1. The van der Waals surface area contributed by atoms with E-state index in [2.05, 4.69) is 0 Å². The van der Waals surface area contributed by atoms with Crippen LogP contribution in [0.15, 0.2) is 18.2 Å². The van der Waals surface area contributed by atoms with Gasteiger partial charge in [-0.2, -0.15) is 13.2 Å². The number of ketones is 1. The summed E-state index contributed by atoms with van der Waals surface area (Å²) in [4.78, 5) is 22.2. The molecule has 0 aliphatic carbocycles. The first-order chi connectivity index (χ1) is 8.62. The van der Waals surface area contributed by atoms with E-state index in [1.807, 2.05) is 0 Å². The van der Waals surface area contributed by atoms with Crippen LogP contribution in [-0.4, -0.2) is 16.9 Å². The van der Waals surface area contributed by atoms with Gasteiger partial charge in [-0.05, 0) is 18.2 Å². The van der Waals surface area contributed by atoms with Crippen LogP contribution in [0, 0.1) is 11.7 Å². The fraction of sp³-hybridized carbons (Fsp3) is 0.333. The van der Waals surface area contributed by atoms with Crippen molar-refractivity contribution in [2.75, 3.05) is 0 Å². The van der Waals surface area contributed by atoms with Crippen molar-refractivity contribution in [3.05, 3.63) is 35.1 Å². The molecular formula is C12H10F4O3. The summed E-state index contributed by atoms with van der Waals surface area (Å²) in [6.45, 7) is 1.28. The number of carboxylic acid groups (broad SMARTS) is 1. The topological polar surface area (TPSA) is 54.4 Å². The first-order valence-electron chi connectivity index (χ1n) is 5.25. The molecule has 0 amide bonds. The van der Waals surface area contributed by atoms with Gasteiger partial charge in [0.2, 0.25) is 0 Å². The van der Waals surface area contributed by atoms with Crippen LogP contribution >= 0.6 is 0 Å². The fourth-order valence-corrected chi connectivity index (χ4v) is 1.53. The lowest BCUT2D eigenvalue weighted by molar-refractivity contribution is -0.140. The Balaban J connectivity index is 3.09. The summed E-state index contributed by atoms with van der Waals surface area (Å²) >= 11 is 0. The molecule has 1 atom stereocenters. The highest BCUT2D eigenvalue weighted by Crippen LogP contribution is 2.32. The highest BCUT2D eigenvalue weighted by Gasteiger charge is 2.35. The van der Waals surface area contributed by atoms with Gasteiger partial charge in [0, 0.05) is 11.5 Å². The average molecular weight is 278 g/mol. The number of halogens is 4. The zero-order valence-corrected chi connectivity index (χ0v) is 9.79. The van der Waals surface area contributed by atoms with Crippen LogP contribution < -0.4 is 0 Å². The molecule has 1 unspecified atom stereocenters. The molecule has 0 fully saturated rings. The summed E-state index contributed by atoms with van der Waals surface area (Å²) in [6.07, 6.45) is -5.41. The molecule has 7 heteroatoms. The number of benzene rings is 1. The first kappa shape index (κ1) is 15.1. The van der Waals surface area contributed by atoms with E-state index >= 15 is 0 Å². The lowest BCUT2D eigenvalue weighted by atomic mass is 9.95. The highest BCUT2D eigenvalue weighted by atomic mass is 19.4. The maximum Gasteiger partial charge on any atom is 0.419 e. The zero-order chi connectivity index (χ0) is 14.8. The van der Waals surface area contributed by atoms with Gasteiger partial charge in [-0.3, -0.25) is 9.59 Å². The molecule has 0 bridgehead atoms. The van der Waals surface area contributed by atoms with Gasteiger partial charge in [-0.1, -0.05) is 6.92 Å². The Morgan fingerprint density at radius 1 is 1.32 bits per heavy atom. The fourth-order valence-electron chi connectivity index (χ4n) is 1.53. The molecule has 104 valence electrons. The maximum absolute atomic E-state index is 13.0. The second-order valence-electron chi connectivity index (χ2n) is 4.06. The van der Waals surface area contributed by atoms with Gasteiger partial charge < -0.3 is 5.11 Å². The number of aliphatic carboxylic acids is 1. The number of carbonyl (C=O) groups is 2. The Morgan fingerprint density at radius 3 is 2.37 bits per heavy atom. The standard InChI is InChI=1S/C12H10F4O3/c1-6(4-10(17)18)11(19)7-2-3-9(13)8(5-7)12(14,15)16/h2-3,5-6H,4H2,1H3,(H,17,18). The number of hydrogen-bond donors (Lipinski definition) is 1. The molecule has 0 aromatic heterocycles. The molecule has 1 aromatic rings. The molecule has 1 rings (SSSR count). The van der Waals surface area contributed by atoms with Crippen molar-refractivity contribution in [2.24, 2.45) is 5.92 Å². The minimum atomic E-state index is -4.91. The molecule has 0 spiro atoms. The van der Waals surface area contributed by atoms with Crippen LogP contribution in [0.3, 0.4) is 0 Å². The van der Waals surface area contributed by atoms with E-state index in [1.54, 1.807) is 0 Å². The predicted molar refractivity (Wildman–Crippen MR) is 57.1 cm³/mol. The molecule has 0 heterocycles. The van der Waals surface area contributed by atoms with Gasteiger partial charge >= 0.3 is 12.1 Å². The molecule has 3 nitrogen and oxygen atoms in total. The maximum atomic E-state index is 13.0. The second-order valence-corrected chi connectivity index (χ2v) is 4.06. The molecule has 0 saturated heterocycles. The number of carboxylic acids is 1. The number of carbonyl (C=O) groups excluding carboxylic acids is 1. The van der Waals surface area contributed by atoms with Crippen molar-refractivity contribution in [3.8, 4) is 0 Å². The van der Waals surface area contributed by atoms with E-state index in [-0.39, 0.29) is 5.56 Å². The zero-order valence-electron chi connectivity index (χ0n) is 9.79. The molecular weight excluding hydrogens is 268 g/mol. The van der Waals surface area contributed by atoms with Crippen LogP contribution in [0.1, 0.15) is 29.3 Å². The molecule has 0 radical (unpaired) electrons. The predicted octanol–water partition coefficient (Wildman–Crippen LogP) is 3.14. The largest absolute Gasteiger partial charge is 0.481 e. The number of rotatable bonds is 4. The van der Waals surface area contributed by atoms with Gasteiger partial charge in [-0.15, -0.1) is 0 Å². The monoisotopic (exact) mass is 278 g/mol. The minimum Gasteiger partial charge on any atom is -0.481 e. The molecule has 0 saturated carbocycles. The van der Waals surface area contributed by atoms with Gasteiger partial charge in [0.25, 0.3) is 0 Å². The lowest BCUT2D eigenvalue weighted by Crippen LogP contribution is -2.17. The Kier molecular flexibility index (Phi) is 4.28. The van der Waals surface area contributed by atoms with Crippen LogP contribution in [0.5, 0.6) is 0 Å². The normalized spacial score (nSPS) is 13.1. The number of Topliss-reactive ketones (excluding diaryl/α,β-unsaturated/α-hetero) is 1. The summed E-state index contributed by atoms with van der Waals surface area (Å²) in [5.74, 6) is -4.47. The van der Waals surface area contributed by atoms with Crippen LogP contribution in [0.2, 0.25) is 0 Å². The summed E-state index contributed by atoms with van der Waals surface area (Å²) < 4.78 is 50.4. The smallest absolute Gasteiger partial charge is 0.419 e. The molecule has 1 N–H and O–H groups in total. The van der Waals surface area contributed by atoms with E-state index in [9.17, 15) is 27.2 Å². The van der Waals surface area contributed by atoms with E-state index in [0.29, 0.717) is 12.1 Å². The van der Waals surface area contributed by atoms with E-state index in [0.717, 1.165) is 6.07 Å². The van der Waals surface area contributed by atoms with Crippen molar-refractivity contribution < 1.29 is 32.3 Å². The Morgan fingerprint density at radius 2 is 1.89 bits per heavy atom. The summed E-state index contributed by atoms with van der Waals surface area (Å²) in [5, 5.41) is 8.52. The molecule has 1 aromatic carbocycles. The Bertz CT molecular complexity index is 508. The quantitative estimate of drug-likeness (QED) is 0.680. The summed E-state index contributed by atoms with van der Waals surface area (Å²) in [6, 6.07) is 1.85. The van der Waals surface area contributed by atoms with Gasteiger partial charge in [0.15, 0.2) is 5.78 Å². The second kappa shape index (κ2) is 5.38. The van der Waals surface area contributed by atoms with Gasteiger partial charge in [-0.25, -0.2) is 4.39 Å². The van der Waals surface area contributed by atoms with Crippen molar-refractivity contribution in [1.29, 1.82) is 0 Å². The highest BCUT2D eigenvalue weighted by molar-refractivity contribution is 5.99. The molecule has 0 aliphatic heterocycles. The van der Waals surface area contributed by atoms with Crippen molar-refractivity contribution in [1.82, 2.24) is 0 Å². The van der Waals surface area contributed by atoms with Crippen LogP contribution in [-0.2, 0) is 11.0 Å². The van der Waals surface area contributed by atoms with Crippen molar-refractivity contribution in [3.63, 3.8) is 0 Å². The lowest BCUT2D eigenvalue weighted by Gasteiger charge is -2.12. The molecule has 0 aliphatic rings. The summed E-state index contributed by atoms with van der Waals surface area (Å²) in [7, 11) is 0. The van der Waals surface area contributed by atoms with Crippen LogP contribution in [0.4, 0.5) is 17.6 Å². The first-order valence-corrected chi connectivity index (χ1v) is 5.25. The molecule has 19 heavy (non-hydrogen) atoms. The third-order valence-electron chi connectivity index (χ3n) is 2.48. The minimum absolute atomic E-state index is 0.359. The third-order valence-corrected chi connectivity index (χ3v) is 2.48. The Labute approximate surface area is 105 Å². The number of hydrogen-bond acceptors (Lipinski definition) is 2. The number of alkyl halides is 3. The van der Waals surface area contributed by atoms with Crippen molar-refractivity contribution in [2.45, 2.75) is 19.5 Å². The summed E-state index contributed by atoms with van der Waals surface area (Å²) in [5.41, 5.74) is -1.90. The Hall–Kier alpha value is -1.92. The van der Waals surface area contributed by atoms with E-state index in [1.165, 1.54) is 6.92 Å². The van der Waals surface area contributed by atoms with Gasteiger partial charge in [0.05, 0.1) is 12.0 Å².